The highest BCUT2D eigenvalue weighted by Crippen LogP contribution is 2.19. The van der Waals surface area contributed by atoms with Crippen LogP contribution in [0.5, 0.6) is 11.6 Å². The molecule has 7 heteroatoms. The number of hydrogen-bond donors (Lipinski definition) is 2. The second-order valence-electron chi connectivity index (χ2n) is 5.74. The van der Waals surface area contributed by atoms with Crippen molar-refractivity contribution in [2.75, 3.05) is 6.54 Å². The van der Waals surface area contributed by atoms with Gasteiger partial charge in [0.2, 0.25) is 5.88 Å². The molecule has 0 radical (unpaired) electrons. The summed E-state index contributed by atoms with van der Waals surface area (Å²) in [5.41, 5.74) is 2.20. The van der Waals surface area contributed by atoms with E-state index in [9.17, 15) is 4.39 Å². The van der Waals surface area contributed by atoms with E-state index in [1.54, 1.807) is 35.7 Å². The van der Waals surface area contributed by atoms with E-state index in [4.69, 9.17) is 4.74 Å². The molecule has 2 aromatic heterocycles. The maximum absolute atomic E-state index is 12.9. The van der Waals surface area contributed by atoms with Gasteiger partial charge in [-0.05, 0) is 59.1 Å². The zero-order valence-electron chi connectivity index (χ0n) is 15.0. The summed E-state index contributed by atoms with van der Waals surface area (Å²) >= 11 is 1.67. The molecule has 0 aliphatic rings. The number of halogens is 1. The number of nitrogens with zero attached hydrogens (tertiary/aromatic N) is 2. The van der Waals surface area contributed by atoms with Crippen molar-refractivity contribution in [1.82, 2.24) is 15.6 Å². The van der Waals surface area contributed by atoms with E-state index in [2.05, 4.69) is 32.1 Å². The highest BCUT2D eigenvalue weighted by Gasteiger charge is 2.02. The average molecular weight is 384 g/mol. The van der Waals surface area contributed by atoms with Crippen LogP contribution in [0.3, 0.4) is 0 Å². The third-order valence-corrected chi connectivity index (χ3v) is 4.37. The van der Waals surface area contributed by atoms with E-state index in [-0.39, 0.29) is 5.82 Å². The molecule has 0 spiro atoms. The monoisotopic (exact) mass is 384 g/mol. The van der Waals surface area contributed by atoms with Crippen LogP contribution in [0.25, 0.3) is 0 Å². The summed E-state index contributed by atoms with van der Waals surface area (Å²) in [5.74, 6) is 1.47. The van der Waals surface area contributed by atoms with Crippen LogP contribution >= 0.6 is 11.3 Å². The molecule has 0 amide bonds. The van der Waals surface area contributed by atoms with Gasteiger partial charge in [-0.3, -0.25) is 0 Å². The van der Waals surface area contributed by atoms with Crippen LogP contribution in [0.2, 0.25) is 0 Å². The molecule has 0 aliphatic heterocycles. The second kappa shape index (κ2) is 9.68. The largest absolute Gasteiger partial charge is 0.439 e. The van der Waals surface area contributed by atoms with Gasteiger partial charge >= 0.3 is 0 Å². The van der Waals surface area contributed by atoms with Gasteiger partial charge in [0, 0.05) is 25.4 Å². The summed E-state index contributed by atoms with van der Waals surface area (Å²) < 4.78 is 18.5. The Balaban J connectivity index is 1.54. The molecule has 2 N–H and O–H groups in total. The van der Waals surface area contributed by atoms with Gasteiger partial charge in [-0.1, -0.05) is 6.07 Å². The van der Waals surface area contributed by atoms with Crippen LogP contribution in [-0.4, -0.2) is 17.5 Å². The Morgan fingerprint density at radius 3 is 2.63 bits per heavy atom. The van der Waals surface area contributed by atoms with E-state index >= 15 is 0 Å². The topological polar surface area (TPSA) is 58.5 Å². The smallest absolute Gasteiger partial charge is 0.219 e. The molecule has 0 unspecified atom stereocenters. The Bertz CT molecular complexity index is 849. The predicted molar refractivity (Wildman–Crippen MR) is 107 cm³/mol. The molecule has 27 heavy (non-hydrogen) atoms. The molecule has 0 saturated heterocycles. The Morgan fingerprint density at radius 1 is 1.11 bits per heavy atom. The number of pyridine rings is 1. The van der Waals surface area contributed by atoms with Crippen molar-refractivity contribution in [3.8, 4) is 11.6 Å². The van der Waals surface area contributed by atoms with Gasteiger partial charge < -0.3 is 15.4 Å². The van der Waals surface area contributed by atoms with Crippen molar-refractivity contribution in [2.45, 2.75) is 20.0 Å². The molecule has 0 fully saturated rings. The van der Waals surface area contributed by atoms with Gasteiger partial charge in [-0.15, -0.1) is 0 Å². The Labute approximate surface area is 162 Å². The SMILES string of the molecule is CCNC(=NCc1ccsc1)NCc1ccc(Oc2ccc(F)cc2)nc1. The number of ether oxygens (including phenoxy) is 1. The summed E-state index contributed by atoms with van der Waals surface area (Å²) in [7, 11) is 0. The number of rotatable bonds is 7. The molecule has 0 aliphatic carbocycles. The Kier molecular flexibility index (Phi) is 6.76. The van der Waals surface area contributed by atoms with Crippen molar-refractivity contribution in [1.29, 1.82) is 0 Å². The van der Waals surface area contributed by atoms with Crippen LogP contribution in [0.4, 0.5) is 4.39 Å². The molecule has 5 nitrogen and oxygen atoms in total. The minimum Gasteiger partial charge on any atom is -0.439 e. The maximum Gasteiger partial charge on any atom is 0.219 e. The maximum atomic E-state index is 12.9. The fourth-order valence-corrected chi connectivity index (χ4v) is 2.94. The third-order valence-electron chi connectivity index (χ3n) is 3.64. The van der Waals surface area contributed by atoms with Crippen LogP contribution < -0.4 is 15.4 Å². The van der Waals surface area contributed by atoms with E-state index < -0.39 is 0 Å². The van der Waals surface area contributed by atoms with Gasteiger partial charge in [0.1, 0.15) is 11.6 Å². The highest BCUT2D eigenvalue weighted by molar-refractivity contribution is 7.07. The van der Waals surface area contributed by atoms with E-state index in [0.29, 0.717) is 24.7 Å². The highest BCUT2D eigenvalue weighted by atomic mass is 32.1. The molecular weight excluding hydrogens is 363 g/mol. The lowest BCUT2D eigenvalue weighted by molar-refractivity contribution is 0.461. The Hall–Kier alpha value is -2.93. The van der Waals surface area contributed by atoms with Crippen molar-refractivity contribution in [2.24, 2.45) is 4.99 Å². The normalized spacial score (nSPS) is 11.3. The summed E-state index contributed by atoms with van der Waals surface area (Å²) in [4.78, 5) is 8.87. The first-order valence-electron chi connectivity index (χ1n) is 8.64. The minimum atomic E-state index is -0.297. The lowest BCUT2D eigenvalue weighted by Crippen LogP contribution is -2.36. The molecule has 2 heterocycles. The zero-order chi connectivity index (χ0) is 18.9. The summed E-state index contributed by atoms with van der Waals surface area (Å²) in [6.07, 6.45) is 1.74. The molecule has 140 valence electrons. The van der Waals surface area contributed by atoms with Gasteiger partial charge in [-0.25, -0.2) is 14.4 Å². The van der Waals surface area contributed by atoms with Gasteiger partial charge in [0.25, 0.3) is 0 Å². The lowest BCUT2D eigenvalue weighted by atomic mass is 10.3. The van der Waals surface area contributed by atoms with Crippen molar-refractivity contribution < 1.29 is 9.13 Å². The average Bonchev–Trinajstić information content (AvgIpc) is 3.21. The van der Waals surface area contributed by atoms with E-state index in [1.165, 1.54) is 17.7 Å². The van der Waals surface area contributed by atoms with Gasteiger partial charge in [0.15, 0.2) is 5.96 Å². The van der Waals surface area contributed by atoms with Gasteiger partial charge in [0.05, 0.1) is 6.54 Å². The van der Waals surface area contributed by atoms with Crippen LogP contribution in [0, 0.1) is 5.82 Å². The quantitative estimate of drug-likeness (QED) is 0.470. The third kappa shape index (κ3) is 6.07. The van der Waals surface area contributed by atoms with Crippen LogP contribution in [-0.2, 0) is 13.1 Å². The van der Waals surface area contributed by atoms with E-state index in [1.807, 2.05) is 18.4 Å². The second-order valence-corrected chi connectivity index (χ2v) is 6.52. The summed E-state index contributed by atoms with van der Waals surface area (Å²) in [6.45, 7) is 4.06. The number of guanidine groups is 1. The molecule has 0 bridgehead atoms. The fraction of sp³-hybridized carbons (Fsp3) is 0.200. The molecule has 3 rings (SSSR count). The van der Waals surface area contributed by atoms with Crippen molar-refractivity contribution >= 4 is 17.3 Å². The molecule has 0 saturated carbocycles. The van der Waals surface area contributed by atoms with Crippen LogP contribution in [0.1, 0.15) is 18.1 Å². The van der Waals surface area contributed by atoms with Crippen molar-refractivity contribution in [3.05, 3.63) is 76.4 Å². The number of aliphatic imine (C=N–C) groups is 1. The van der Waals surface area contributed by atoms with Crippen molar-refractivity contribution in [3.63, 3.8) is 0 Å². The number of benzene rings is 1. The zero-order valence-corrected chi connectivity index (χ0v) is 15.8. The fourth-order valence-electron chi connectivity index (χ4n) is 2.28. The standard InChI is InChI=1S/C20H21FN4OS/c1-2-22-20(25-13-16-9-10-27-14-16)24-12-15-3-8-19(23-11-15)26-18-6-4-17(21)5-7-18/h3-11,14H,2,12-13H2,1H3,(H2,22,24,25). The summed E-state index contributed by atoms with van der Waals surface area (Å²) in [6, 6.07) is 11.6. The number of thiophene rings is 1. The molecule has 0 atom stereocenters. The lowest BCUT2D eigenvalue weighted by Gasteiger charge is -2.11. The summed E-state index contributed by atoms with van der Waals surface area (Å²) in [5, 5.41) is 10.7. The van der Waals surface area contributed by atoms with Gasteiger partial charge in [-0.2, -0.15) is 11.3 Å². The minimum absolute atomic E-state index is 0.297. The number of nitrogens with one attached hydrogen (secondary N) is 2. The number of aromatic nitrogens is 1. The van der Waals surface area contributed by atoms with E-state index in [0.717, 1.165) is 18.1 Å². The Morgan fingerprint density at radius 2 is 1.96 bits per heavy atom. The van der Waals surface area contributed by atoms with Crippen LogP contribution in [0.15, 0.2) is 64.4 Å². The molecular formula is C20H21FN4OS. The first-order chi connectivity index (χ1) is 13.2. The predicted octanol–water partition coefficient (Wildman–Crippen LogP) is 4.33. The number of hydrogen-bond acceptors (Lipinski definition) is 4. The first-order valence-corrected chi connectivity index (χ1v) is 9.59. The molecule has 1 aromatic carbocycles. The molecule has 3 aromatic rings. The first kappa shape index (κ1) is 18.8.